The summed E-state index contributed by atoms with van der Waals surface area (Å²) < 4.78 is 6.48. The van der Waals surface area contributed by atoms with E-state index in [-0.39, 0.29) is 12.4 Å². The number of oxime groups is 1. The molecule has 0 radical (unpaired) electrons. The highest BCUT2D eigenvalue weighted by molar-refractivity contribution is 9.10. The van der Waals surface area contributed by atoms with Gasteiger partial charge in [0.1, 0.15) is 6.61 Å². The van der Waals surface area contributed by atoms with Gasteiger partial charge in [0.25, 0.3) is 0 Å². The number of aromatic nitrogens is 2. The monoisotopic (exact) mass is 476 g/mol. The summed E-state index contributed by atoms with van der Waals surface area (Å²) in [6, 6.07) is 15.9. The lowest BCUT2D eigenvalue weighted by molar-refractivity contribution is 0.130. The van der Waals surface area contributed by atoms with Crippen LogP contribution in [0.25, 0.3) is 11.4 Å². The largest absolute Gasteiger partial charge is 0.391 e. The molecular formula is C21H22BrClN4O2. The minimum Gasteiger partial charge on any atom is -0.391 e. The van der Waals surface area contributed by atoms with Crippen molar-refractivity contribution in [1.82, 2.24) is 15.5 Å². The van der Waals surface area contributed by atoms with E-state index in [1.54, 1.807) is 0 Å². The van der Waals surface area contributed by atoms with Gasteiger partial charge in [0, 0.05) is 16.6 Å². The van der Waals surface area contributed by atoms with Crippen LogP contribution in [0.5, 0.6) is 0 Å². The van der Waals surface area contributed by atoms with Crippen molar-refractivity contribution in [3.63, 3.8) is 0 Å². The Morgan fingerprint density at radius 1 is 1.21 bits per heavy atom. The van der Waals surface area contributed by atoms with Gasteiger partial charge in [0.2, 0.25) is 11.7 Å². The lowest BCUT2D eigenvalue weighted by Crippen LogP contribution is -2.08. The van der Waals surface area contributed by atoms with E-state index >= 15 is 0 Å². The lowest BCUT2D eigenvalue weighted by atomic mass is 10.1. The molecule has 0 saturated carbocycles. The molecule has 1 aliphatic rings. The molecule has 1 atom stereocenters. The molecule has 0 unspecified atom stereocenters. The van der Waals surface area contributed by atoms with Crippen LogP contribution in [0.3, 0.4) is 0 Å². The SMILES string of the molecule is CC(=NOCc1ccc(Br)cc1)c1ccc(-c2noc([C@@H]3CCNC3)n2)cc1.Cl. The molecule has 2 heterocycles. The van der Waals surface area contributed by atoms with E-state index in [1.165, 1.54) is 0 Å². The summed E-state index contributed by atoms with van der Waals surface area (Å²) >= 11 is 3.42. The second kappa shape index (κ2) is 10.0. The zero-order chi connectivity index (χ0) is 19.3. The Morgan fingerprint density at radius 3 is 2.66 bits per heavy atom. The number of halogens is 2. The van der Waals surface area contributed by atoms with Crippen LogP contribution in [0.4, 0.5) is 0 Å². The Morgan fingerprint density at radius 2 is 1.97 bits per heavy atom. The number of nitrogens with zero attached hydrogens (tertiary/aromatic N) is 3. The van der Waals surface area contributed by atoms with E-state index in [0.29, 0.717) is 24.2 Å². The third-order valence-corrected chi connectivity index (χ3v) is 5.29. The standard InChI is InChI=1S/C21H21BrN4O2.ClH/c1-14(25-27-13-15-2-8-19(22)9-3-15)16-4-6-17(7-5-16)20-24-21(28-26-20)18-10-11-23-12-18;/h2-9,18,23H,10-13H2,1H3;1H/t18-;/m1./s1. The van der Waals surface area contributed by atoms with Gasteiger partial charge in [-0.1, -0.05) is 62.6 Å². The van der Waals surface area contributed by atoms with Crippen molar-refractivity contribution in [3.05, 3.63) is 70.0 Å². The summed E-state index contributed by atoms with van der Waals surface area (Å²) in [5.41, 5.74) is 3.80. The molecule has 6 nitrogen and oxygen atoms in total. The fraction of sp³-hybridized carbons (Fsp3) is 0.286. The molecule has 0 spiro atoms. The minimum absolute atomic E-state index is 0. The van der Waals surface area contributed by atoms with Crippen LogP contribution in [0.1, 0.15) is 36.3 Å². The fourth-order valence-electron chi connectivity index (χ4n) is 3.08. The highest BCUT2D eigenvalue weighted by Crippen LogP contribution is 2.24. The Bertz CT molecular complexity index is 952. The molecule has 3 aromatic rings. The van der Waals surface area contributed by atoms with Gasteiger partial charge in [-0.2, -0.15) is 4.98 Å². The van der Waals surface area contributed by atoms with Crippen LogP contribution in [-0.2, 0) is 11.4 Å². The van der Waals surface area contributed by atoms with E-state index < -0.39 is 0 Å². The predicted octanol–water partition coefficient (Wildman–Crippen LogP) is 4.94. The lowest BCUT2D eigenvalue weighted by Gasteiger charge is -2.04. The van der Waals surface area contributed by atoms with Crippen molar-refractivity contribution >= 4 is 34.0 Å². The molecule has 0 bridgehead atoms. The van der Waals surface area contributed by atoms with E-state index in [1.807, 2.05) is 55.5 Å². The summed E-state index contributed by atoms with van der Waals surface area (Å²) in [5, 5.41) is 11.7. The normalized spacial score (nSPS) is 16.5. The predicted molar refractivity (Wildman–Crippen MR) is 118 cm³/mol. The van der Waals surface area contributed by atoms with E-state index in [2.05, 4.69) is 36.5 Å². The Balaban J connectivity index is 0.00000240. The van der Waals surface area contributed by atoms with E-state index in [9.17, 15) is 0 Å². The van der Waals surface area contributed by atoms with Gasteiger partial charge >= 0.3 is 0 Å². The number of rotatable bonds is 6. The highest BCUT2D eigenvalue weighted by atomic mass is 79.9. The smallest absolute Gasteiger partial charge is 0.231 e. The molecule has 1 N–H and O–H groups in total. The number of hydrogen-bond acceptors (Lipinski definition) is 6. The Hall–Kier alpha value is -2.22. The van der Waals surface area contributed by atoms with Gasteiger partial charge in [-0.3, -0.25) is 0 Å². The van der Waals surface area contributed by atoms with Crippen LogP contribution in [0.15, 0.2) is 62.7 Å². The van der Waals surface area contributed by atoms with Crippen LogP contribution in [0.2, 0.25) is 0 Å². The van der Waals surface area contributed by atoms with Crippen molar-refractivity contribution in [2.75, 3.05) is 13.1 Å². The highest BCUT2D eigenvalue weighted by Gasteiger charge is 2.23. The van der Waals surface area contributed by atoms with Gasteiger partial charge in [-0.15, -0.1) is 12.4 Å². The maximum atomic E-state index is 5.48. The molecule has 2 aromatic carbocycles. The summed E-state index contributed by atoms with van der Waals surface area (Å²) in [6.45, 7) is 4.26. The van der Waals surface area contributed by atoms with Crippen molar-refractivity contribution in [2.45, 2.75) is 25.9 Å². The first kappa shape index (κ1) is 21.5. The van der Waals surface area contributed by atoms with Gasteiger partial charge in [-0.05, 0) is 43.1 Å². The number of benzene rings is 2. The van der Waals surface area contributed by atoms with E-state index in [0.717, 1.165) is 46.4 Å². The third kappa shape index (κ3) is 5.44. The molecular weight excluding hydrogens is 456 g/mol. The molecule has 0 amide bonds. The quantitative estimate of drug-likeness (QED) is 0.402. The molecule has 4 rings (SSSR count). The second-order valence-electron chi connectivity index (χ2n) is 6.80. The second-order valence-corrected chi connectivity index (χ2v) is 7.72. The Labute approximate surface area is 184 Å². The molecule has 1 saturated heterocycles. The zero-order valence-corrected chi connectivity index (χ0v) is 18.4. The number of hydrogen-bond donors (Lipinski definition) is 1. The third-order valence-electron chi connectivity index (χ3n) is 4.76. The molecule has 152 valence electrons. The van der Waals surface area contributed by atoms with Crippen molar-refractivity contribution in [3.8, 4) is 11.4 Å². The minimum atomic E-state index is 0. The number of nitrogens with one attached hydrogen (secondary N) is 1. The summed E-state index contributed by atoms with van der Waals surface area (Å²) in [4.78, 5) is 10.0. The molecule has 1 aromatic heterocycles. The van der Waals surface area contributed by atoms with Crippen LogP contribution in [0, 0.1) is 0 Å². The van der Waals surface area contributed by atoms with Crippen molar-refractivity contribution in [2.24, 2.45) is 5.16 Å². The Kier molecular flexibility index (Phi) is 7.41. The van der Waals surface area contributed by atoms with Crippen LogP contribution in [-0.4, -0.2) is 28.9 Å². The topological polar surface area (TPSA) is 72.5 Å². The van der Waals surface area contributed by atoms with Gasteiger partial charge < -0.3 is 14.7 Å². The summed E-state index contributed by atoms with van der Waals surface area (Å²) in [7, 11) is 0. The van der Waals surface area contributed by atoms with Gasteiger partial charge in [0.05, 0.1) is 11.6 Å². The fourth-order valence-corrected chi connectivity index (χ4v) is 3.35. The maximum Gasteiger partial charge on any atom is 0.231 e. The van der Waals surface area contributed by atoms with E-state index in [4.69, 9.17) is 9.36 Å². The maximum absolute atomic E-state index is 5.48. The molecule has 29 heavy (non-hydrogen) atoms. The van der Waals surface area contributed by atoms with Crippen LogP contribution >= 0.6 is 28.3 Å². The van der Waals surface area contributed by atoms with Gasteiger partial charge in [-0.25, -0.2) is 0 Å². The summed E-state index contributed by atoms with van der Waals surface area (Å²) in [6.07, 6.45) is 1.04. The molecule has 1 aliphatic heterocycles. The average Bonchev–Trinajstić information content (AvgIpc) is 3.41. The average molecular weight is 478 g/mol. The molecule has 1 fully saturated rings. The molecule has 8 heteroatoms. The first-order valence-electron chi connectivity index (χ1n) is 9.25. The first-order valence-corrected chi connectivity index (χ1v) is 10.0. The molecule has 0 aliphatic carbocycles. The zero-order valence-electron chi connectivity index (χ0n) is 16.0. The van der Waals surface area contributed by atoms with Gasteiger partial charge in [0.15, 0.2) is 0 Å². The van der Waals surface area contributed by atoms with Crippen LogP contribution < -0.4 is 5.32 Å². The first-order chi connectivity index (χ1) is 13.7. The summed E-state index contributed by atoms with van der Waals surface area (Å²) in [5.74, 6) is 1.65. The van der Waals surface area contributed by atoms with Crippen molar-refractivity contribution < 1.29 is 9.36 Å². The van der Waals surface area contributed by atoms with Crippen molar-refractivity contribution in [1.29, 1.82) is 0 Å².